The van der Waals surface area contributed by atoms with E-state index in [1.54, 1.807) is 0 Å². The minimum absolute atomic E-state index is 0.688. The quantitative estimate of drug-likeness (QED) is 0.108. The second kappa shape index (κ2) is 16.5. The Morgan fingerprint density at radius 3 is 0.362 bits per heavy atom. The molecule has 0 amide bonds. The predicted octanol–water partition coefficient (Wildman–Crippen LogP) is 13.6. The third-order valence-electron chi connectivity index (χ3n) is 11.5. The van der Waals surface area contributed by atoms with E-state index in [9.17, 15) is 0 Å². The van der Waals surface area contributed by atoms with Gasteiger partial charge in [0.05, 0.1) is 0 Å². The van der Waals surface area contributed by atoms with Gasteiger partial charge in [0.1, 0.15) is 0 Å². The van der Waals surface area contributed by atoms with Gasteiger partial charge in [0.25, 0.3) is 0 Å². The molecule has 0 fully saturated rings. The molecule has 0 heterocycles. The third kappa shape index (κ3) is 6.16. The molecule has 0 spiro atoms. The summed E-state index contributed by atoms with van der Waals surface area (Å²) in [4.78, 5) is 0. The van der Waals surface area contributed by atoms with Crippen molar-refractivity contribution in [3.63, 3.8) is 0 Å². The second-order valence-corrected chi connectivity index (χ2v) is 18.5. The molecule has 1 heteroatoms. The van der Waals surface area contributed by atoms with Crippen LogP contribution in [0.2, 0.25) is 0 Å². The summed E-state index contributed by atoms with van der Waals surface area (Å²) in [6, 6.07) is 103. The summed E-state index contributed by atoms with van der Waals surface area (Å²) in [5.74, 6) is 0. The molecule has 0 saturated heterocycles. The average molecular weight is 782 g/mol. The van der Waals surface area contributed by atoms with Crippen LogP contribution in [0, 0.1) is 0 Å². The van der Waals surface area contributed by atoms with Crippen molar-refractivity contribution in [1.82, 2.24) is 0 Å². The number of rotatable bonds is 12. The van der Waals surface area contributed by atoms with Crippen LogP contribution in [0.25, 0.3) is 0 Å². The molecule has 0 saturated carbocycles. The summed E-state index contributed by atoms with van der Waals surface area (Å²) < 4.78 is -2.06. The Hall–Kier alpha value is -6.49. The molecule has 0 aromatic heterocycles. The Morgan fingerprint density at radius 2 is 0.259 bits per heavy atom. The van der Waals surface area contributed by atoms with E-state index in [-0.39, 0.29) is 0 Å². The zero-order chi connectivity index (χ0) is 39.1. The van der Waals surface area contributed by atoms with Gasteiger partial charge < -0.3 is 0 Å². The molecular formula is C57H45Cr. The first kappa shape index (κ1) is 37.1. The van der Waals surface area contributed by atoms with Crippen molar-refractivity contribution in [3.8, 4) is 0 Å². The minimum atomic E-state index is -2.76. The van der Waals surface area contributed by atoms with Crippen LogP contribution in [0.1, 0.15) is 50.1 Å². The van der Waals surface area contributed by atoms with E-state index in [1.165, 1.54) is 50.1 Å². The van der Waals surface area contributed by atoms with Crippen molar-refractivity contribution in [2.75, 3.05) is 0 Å². The Labute approximate surface area is 348 Å². The van der Waals surface area contributed by atoms with Gasteiger partial charge in [-0.15, -0.1) is 0 Å². The Kier molecular flexibility index (Phi) is 10.6. The molecule has 0 radical (unpaired) electrons. The van der Waals surface area contributed by atoms with Crippen LogP contribution in [-0.4, -0.2) is 0 Å². The molecule has 0 nitrogen and oxygen atoms in total. The van der Waals surface area contributed by atoms with E-state index < -0.39 is 27.0 Å². The molecule has 0 atom stereocenters. The van der Waals surface area contributed by atoms with Crippen LogP contribution in [0.15, 0.2) is 273 Å². The molecule has 9 aromatic rings. The van der Waals surface area contributed by atoms with Gasteiger partial charge in [-0.1, -0.05) is 0 Å². The fourth-order valence-corrected chi connectivity index (χ4v) is 16.7. The van der Waals surface area contributed by atoms with Crippen LogP contribution in [0.3, 0.4) is 0 Å². The van der Waals surface area contributed by atoms with Crippen LogP contribution in [0.5, 0.6) is 0 Å². The van der Waals surface area contributed by atoms with Crippen molar-refractivity contribution in [2.24, 2.45) is 0 Å². The standard InChI is InChI=1S/3C19H15.Cr/c3*1-4-10-16(11-5-1)19(17-12-6-2-7-13-17)18-14-8-3-9-15-18;/h3*1-15H;. The topological polar surface area (TPSA) is 0 Å². The van der Waals surface area contributed by atoms with Gasteiger partial charge in [0.2, 0.25) is 0 Å². The van der Waals surface area contributed by atoms with Crippen molar-refractivity contribution < 1.29 is 14.1 Å². The van der Waals surface area contributed by atoms with Crippen molar-refractivity contribution in [1.29, 1.82) is 0 Å². The van der Waals surface area contributed by atoms with E-state index in [4.69, 9.17) is 0 Å². The monoisotopic (exact) mass is 781 g/mol. The molecule has 0 bridgehead atoms. The van der Waals surface area contributed by atoms with Crippen LogP contribution in [0.4, 0.5) is 0 Å². The van der Waals surface area contributed by atoms with Gasteiger partial charge >= 0.3 is 350 Å². The molecule has 9 aromatic carbocycles. The van der Waals surface area contributed by atoms with Crippen LogP contribution >= 0.6 is 0 Å². The zero-order valence-corrected chi connectivity index (χ0v) is 33.7. The molecule has 0 aliphatic carbocycles. The summed E-state index contributed by atoms with van der Waals surface area (Å²) in [5.41, 5.74) is 11.5. The number of hydrogen-bond acceptors (Lipinski definition) is 0. The Morgan fingerprint density at radius 1 is 0.155 bits per heavy atom. The molecule has 0 aliphatic heterocycles. The molecule has 0 unspecified atom stereocenters. The summed E-state index contributed by atoms with van der Waals surface area (Å²) >= 11 is -2.76. The number of benzene rings is 9. The maximum absolute atomic E-state index is 2.76. The molecule has 279 valence electrons. The summed E-state index contributed by atoms with van der Waals surface area (Å²) in [7, 11) is 0. The van der Waals surface area contributed by atoms with Gasteiger partial charge in [-0.05, 0) is 0 Å². The molecule has 0 N–H and O–H groups in total. The Balaban J connectivity index is 1.68. The summed E-state index contributed by atoms with van der Waals surface area (Å²) in [6.07, 6.45) is 0. The average Bonchev–Trinajstić information content (AvgIpc) is 3.33. The van der Waals surface area contributed by atoms with E-state index in [0.29, 0.717) is 0 Å². The summed E-state index contributed by atoms with van der Waals surface area (Å²) in [5, 5.41) is 0. The van der Waals surface area contributed by atoms with Crippen molar-refractivity contribution in [2.45, 2.75) is 12.8 Å². The van der Waals surface area contributed by atoms with Gasteiger partial charge in [-0.3, -0.25) is 0 Å². The normalized spacial score (nSPS) is 11.9. The molecule has 9 rings (SSSR count). The first-order valence-electron chi connectivity index (χ1n) is 20.1. The second-order valence-electron chi connectivity index (χ2n) is 14.6. The van der Waals surface area contributed by atoms with Gasteiger partial charge in [-0.2, -0.15) is 0 Å². The molecular weight excluding hydrogens is 737 g/mol. The van der Waals surface area contributed by atoms with Crippen molar-refractivity contribution in [3.05, 3.63) is 323 Å². The third-order valence-corrected chi connectivity index (χ3v) is 17.7. The first-order chi connectivity index (χ1) is 28.8. The van der Waals surface area contributed by atoms with Crippen LogP contribution < -0.4 is 0 Å². The zero-order valence-electron chi connectivity index (χ0n) is 32.4. The SMILES string of the molecule is c1ccc([C](c2ccccc2)(c2ccccc2)[Cr]([C](c2ccccc2)(c2ccccc2)c2ccccc2)[C](c2ccccc2)(c2ccccc2)c2ccccc2)cc1. The number of hydrogen-bond donors (Lipinski definition) is 0. The Bertz CT molecular complexity index is 2030. The summed E-state index contributed by atoms with van der Waals surface area (Å²) in [6.45, 7) is 0. The molecule has 0 aliphatic rings. The van der Waals surface area contributed by atoms with Gasteiger partial charge in [0, 0.05) is 0 Å². The fourth-order valence-electron chi connectivity index (χ4n) is 9.31. The first-order valence-corrected chi connectivity index (χ1v) is 22.0. The predicted molar refractivity (Wildman–Crippen MR) is 238 cm³/mol. The van der Waals surface area contributed by atoms with E-state index >= 15 is 0 Å². The van der Waals surface area contributed by atoms with Crippen LogP contribution in [-0.2, 0) is 27.0 Å². The maximum atomic E-state index is 2.40. The van der Waals surface area contributed by atoms with Gasteiger partial charge in [-0.25, -0.2) is 0 Å². The molecule has 58 heavy (non-hydrogen) atoms. The van der Waals surface area contributed by atoms with Gasteiger partial charge in [0.15, 0.2) is 0 Å². The van der Waals surface area contributed by atoms with E-state index in [1.807, 2.05) is 0 Å². The van der Waals surface area contributed by atoms with E-state index in [0.717, 1.165) is 0 Å². The van der Waals surface area contributed by atoms with E-state index in [2.05, 4.69) is 273 Å². The fraction of sp³-hybridized carbons (Fsp3) is 0.0526. The van der Waals surface area contributed by atoms with Crippen molar-refractivity contribution >= 4 is 0 Å².